The molecule has 0 aliphatic heterocycles. The first-order chi connectivity index (χ1) is 11.3. The minimum Gasteiger partial charge on any atom is -0.347 e. The van der Waals surface area contributed by atoms with Crippen LogP contribution in [0.5, 0.6) is 0 Å². The van der Waals surface area contributed by atoms with Gasteiger partial charge in [-0.05, 0) is 36.7 Å². The number of rotatable bonds is 5. The van der Waals surface area contributed by atoms with E-state index in [0.29, 0.717) is 30.6 Å². The van der Waals surface area contributed by atoms with E-state index >= 15 is 0 Å². The van der Waals surface area contributed by atoms with Crippen molar-refractivity contribution >= 4 is 5.91 Å². The van der Waals surface area contributed by atoms with Crippen molar-refractivity contribution in [1.82, 2.24) is 15.5 Å². The van der Waals surface area contributed by atoms with Crippen molar-refractivity contribution in [3.8, 4) is 0 Å². The highest BCUT2D eigenvalue weighted by Gasteiger charge is 2.42. The monoisotopic (exact) mass is 311 g/mol. The van der Waals surface area contributed by atoms with Crippen LogP contribution in [-0.4, -0.2) is 16.0 Å². The molecule has 2 aromatic rings. The van der Waals surface area contributed by atoms with Crippen molar-refractivity contribution in [2.24, 2.45) is 17.8 Å². The van der Waals surface area contributed by atoms with Crippen molar-refractivity contribution in [2.45, 2.75) is 38.6 Å². The molecule has 0 unspecified atom stereocenters. The molecule has 0 saturated heterocycles. The molecular formula is C18H21N3O2. The highest BCUT2D eigenvalue weighted by molar-refractivity contribution is 5.79. The molecule has 5 heteroatoms. The summed E-state index contributed by atoms with van der Waals surface area (Å²) in [6.07, 6.45) is 5.45. The lowest BCUT2D eigenvalue weighted by Crippen LogP contribution is -2.33. The summed E-state index contributed by atoms with van der Waals surface area (Å²) in [6.45, 7) is 0.328. The van der Waals surface area contributed by atoms with Gasteiger partial charge in [0, 0.05) is 12.3 Å². The summed E-state index contributed by atoms with van der Waals surface area (Å²) >= 11 is 0. The molecule has 1 N–H and O–H groups in total. The SMILES string of the molecule is O=C(NCc1nc(Cc2ccccc2)no1)[C@@H]1C[C@H]2CC[C@H]1C2. The van der Waals surface area contributed by atoms with Crippen LogP contribution < -0.4 is 5.32 Å². The average molecular weight is 311 g/mol. The number of nitrogens with zero attached hydrogens (tertiary/aromatic N) is 2. The molecule has 23 heavy (non-hydrogen) atoms. The van der Waals surface area contributed by atoms with Gasteiger partial charge in [-0.3, -0.25) is 4.79 Å². The molecule has 5 nitrogen and oxygen atoms in total. The van der Waals surface area contributed by atoms with Crippen molar-refractivity contribution in [2.75, 3.05) is 0 Å². The molecule has 4 rings (SSSR count). The fourth-order valence-electron chi connectivity index (χ4n) is 4.07. The summed E-state index contributed by atoms with van der Waals surface area (Å²) in [4.78, 5) is 16.7. The van der Waals surface area contributed by atoms with Gasteiger partial charge in [0.05, 0.1) is 6.54 Å². The number of amides is 1. The summed E-state index contributed by atoms with van der Waals surface area (Å²) in [6, 6.07) is 10.0. The van der Waals surface area contributed by atoms with Crippen molar-refractivity contribution in [3.63, 3.8) is 0 Å². The van der Waals surface area contributed by atoms with Crippen molar-refractivity contribution < 1.29 is 9.32 Å². The highest BCUT2D eigenvalue weighted by Crippen LogP contribution is 2.48. The molecule has 2 aliphatic carbocycles. The lowest BCUT2D eigenvalue weighted by molar-refractivity contribution is -0.126. The van der Waals surface area contributed by atoms with Crippen LogP contribution in [-0.2, 0) is 17.8 Å². The Labute approximate surface area is 135 Å². The molecule has 1 heterocycles. The van der Waals surface area contributed by atoms with Crippen LogP contribution in [0.4, 0.5) is 0 Å². The molecule has 2 fully saturated rings. The molecule has 0 radical (unpaired) electrons. The van der Waals surface area contributed by atoms with E-state index < -0.39 is 0 Å². The van der Waals surface area contributed by atoms with Gasteiger partial charge in [-0.15, -0.1) is 0 Å². The zero-order chi connectivity index (χ0) is 15.6. The number of hydrogen-bond donors (Lipinski definition) is 1. The minimum absolute atomic E-state index is 0.153. The Kier molecular flexibility index (Phi) is 3.85. The molecule has 2 aliphatic rings. The standard InChI is InChI=1S/C18H21N3O2/c22-18(15-9-13-6-7-14(15)8-13)19-11-17-20-16(21-23-17)10-12-4-2-1-3-5-12/h1-5,13-15H,6-11H2,(H,19,22)/t13-,14-,15+/m0/s1. The Balaban J connectivity index is 1.31. The Hall–Kier alpha value is -2.17. The van der Waals surface area contributed by atoms with Gasteiger partial charge in [-0.2, -0.15) is 4.98 Å². The van der Waals surface area contributed by atoms with E-state index in [1.807, 2.05) is 30.3 Å². The molecule has 120 valence electrons. The molecule has 0 spiro atoms. The number of aromatic nitrogens is 2. The maximum Gasteiger partial charge on any atom is 0.246 e. The Bertz CT molecular complexity index is 683. The van der Waals surface area contributed by atoms with E-state index in [0.717, 1.165) is 17.9 Å². The Morgan fingerprint density at radius 3 is 2.83 bits per heavy atom. The molecule has 1 aromatic heterocycles. The average Bonchev–Trinajstić information content (AvgIpc) is 3.30. The Morgan fingerprint density at radius 2 is 2.09 bits per heavy atom. The van der Waals surface area contributed by atoms with Gasteiger partial charge in [-0.25, -0.2) is 0 Å². The topological polar surface area (TPSA) is 68.0 Å². The second-order valence-corrected chi connectivity index (χ2v) is 6.77. The van der Waals surface area contributed by atoms with Gasteiger partial charge >= 0.3 is 0 Å². The first kappa shape index (κ1) is 14.4. The zero-order valence-corrected chi connectivity index (χ0v) is 13.1. The molecule has 2 saturated carbocycles. The first-order valence-corrected chi connectivity index (χ1v) is 8.41. The van der Waals surface area contributed by atoms with Gasteiger partial charge in [0.1, 0.15) is 0 Å². The molecule has 2 bridgehead atoms. The third-order valence-electron chi connectivity index (χ3n) is 5.20. The summed E-state index contributed by atoms with van der Waals surface area (Å²) in [7, 11) is 0. The quantitative estimate of drug-likeness (QED) is 0.922. The number of benzene rings is 1. The van der Waals surface area contributed by atoms with E-state index in [1.165, 1.54) is 19.3 Å². The van der Waals surface area contributed by atoms with Crippen LogP contribution in [0.2, 0.25) is 0 Å². The smallest absolute Gasteiger partial charge is 0.246 e. The fraction of sp³-hybridized carbons (Fsp3) is 0.500. The fourth-order valence-corrected chi connectivity index (χ4v) is 4.07. The largest absolute Gasteiger partial charge is 0.347 e. The zero-order valence-electron chi connectivity index (χ0n) is 13.1. The normalized spacial score (nSPS) is 25.7. The second kappa shape index (κ2) is 6.14. The molecular weight excluding hydrogens is 290 g/mol. The molecule has 1 aromatic carbocycles. The van der Waals surface area contributed by atoms with E-state index in [4.69, 9.17) is 4.52 Å². The summed E-state index contributed by atoms with van der Waals surface area (Å²) in [5, 5.41) is 6.96. The number of carbonyl (C=O) groups is 1. The van der Waals surface area contributed by atoms with Crippen LogP contribution in [0.25, 0.3) is 0 Å². The Morgan fingerprint density at radius 1 is 1.22 bits per heavy atom. The van der Waals surface area contributed by atoms with Crippen molar-refractivity contribution in [3.05, 3.63) is 47.6 Å². The lowest BCUT2D eigenvalue weighted by Gasteiger charge is -2.20. The predicted molar refractivity (Wildman–Crippen MR) is 84.3 cm³/mol. The van der Waals surface area contributed by atoms with E-state index in [2.05, 4.69) is 15.5 Å². The van der Waals surface area contributed by atoms with Gasteiger partial charge in [-0.1, -0.05) is 41.9 Å². The summed E-state index contributed by atoms with van der Waals surface area (Å²) in [5.41, 5.74) is 1.14. The lowest BCUT2D eigenvalue weighted by atomic mass is 9.88. The number of fused-ring (bicyclic) bond motifs is 2. The van der Waals surface area contributed by atoms with Gasteiger partial charge in [0.2, 0.25) is 11.8 Å². The first-order valence-electron chi connectivity index (χ1n) is 8.41. The molecule has 1 amide bonds. The minimum atomic E-state index is 0.153. The van der Waals surface area contributed by atoms with Gasteiger partial charge < -0.3 is 9.84 Å². The third kappa shape index (κ3) is 3.14. The van der Waals surface area contributed by atoms with Crippen LogP contribution in [0, 0.1) is 17.8 Å². The van der Waals surface area contributed by atoms with Crippen LogP contribution in [0.1, 0.15) is 43.0 Å². The summed E-state index contributed by atoms with van der Waals surface area (Å²) in [5.74, 6) is 2.85. The van der Waals surface area contributed by atoms with Gasteiger partial charge in [0.25, 0.3) is 0 Å². The number of nitrogens with one attached hydrogen (secondary N) is 1. The number of hydrogen-bond acceptors (Lipinski definition) is 4. The van der Waals surface area contributed by atoms with Gasteiger partial charge in [0.15, 0.2) is 5.82 Å². The van der Waals surface area contributed by atoms with E-state index in [9.17, 15) is 4.79 Å². The van der Waals surface area contributed by atoms with E-state index in [-0.39, 0.29) is 11.8 Å². The molecule has 3 atom stereocenters. The van der Waals surface area contributed by atoms with Crippen LogP contribution in [0.3, 0.4) is 0 Å². The van der Waals surface area contributed by atoms with Crippen molar-refractivity contribution in [1.29, 1.82) is 0 Å². The van der Waals surface area contributed by atoms with Crippen LogP contribution in [0.15, 0.2) is 34.9 Å². The second-order valence-electron chi connectivity index (χ2n) is 6.77. The predicted octanol–water partition coefficient (Wildman–Crippen LogP) is 2.71. The number of carbonyl (C=O) groups excluding carboxylic acids is 1. The third-order valence-corrected chi connectivity index (χ3v) is 5.20. The summed E-state index contributed by atoms with van der Waals surface area (Å²) < 4.78 is 5.24. The highest BCUT2D eigenvalue weighted by atomic mass is 16.5. The maximum absolute atomic E-state index is 12.3. The van der Waals surface area contributed by atoms with Crippen LogP contribution >= 0.6 is 0 Å². The van der Waals surface area contributed by atoms with E-state index in [1.54, 1.807) is 0 Å². The maximum atomic E-state index is 12.3.